The van der Waals surface area contributed by atoms with Gasteiger partial charge in [0.25, 0.3) is 0 Å². The molecule has 0 atom stereocenters. The van der Waals surface area contributed by atoms with Crippen molar-refractivity contribution in [3.8, 4) is 16.8 Å². The average Bonchev–Trinajstić information content (AvgIpc) is 3.47. The van der Waals surface area contributed by atoms with Crippen molar-refractivity contribution < 1.29 is 0 Å². The van der Waals surface area contributed by atoms with E-state index in [0.29, 0.717) is 0 Å². The zero-order chi connectivity index (χ0) is 27.6. The summed E-state index contributed by atoms with van der Waals surface area (Å²) in [6, 6.07) is 52.8. The number of rotatable bonds is 4. The number of hydrogen-bond acceptors (Lipinski definition) is 1. The molecule has 1 aliphatic rings. The van der Waals surface area contributed by atoms with Gasteiger partial charge in [0.05, 0.1) is 11.0 Å². The van der Waals surface area contributed by atoms with Crippen LogP contribution >= 0.6 is 0 Å². The predicted molar refractivity (Wildman–Crippen MR) is 173 cm³/mol. The van der Waals surface area contributed by atoms with E-state index in [0.717, 1.165) is 22.7 Å². The van der Waals surface area contributed by atoms with Crippen LogP contribution in [-0.4, -0.2) is 4.57 Å². The molecule has 196 valence electrons. The van der Waals surface area contributed by atoms with E-state index >= 15 is 0 Å². The summed E-state index contributed by atoms with van der Waals surface area (Å²) >= 11 is 0. The standard InChI is InChI=1S/C39H30N2/c1-39(2)35-20-9-6-17-31(35)32-24-23-30(26-36(32)39)40(27-13-4-3-5-14-27)28-15-12-16-29(25-28)41-37-21-10-7-18-33(37)34-19-8-11-22-38(34)41/h3-26H,1-2H3. The fraction of sp³-hybridized carbons (Fsp3) is 0.0769. The van der Waals surface area contributed by atoms with Crippen LogP contribution in [-0.2, 0) is 5.41 Å². The number of benzene rings is 6. The van der Waals surface area contributed by atoms with Gasteiger partial charge in [-0.3, -0.25) is 0 Å². The van der Waals surface area contributed by atoms with E-state index < -0.39 is 0 Å². The molecule has 0 bridgehead atoms. The van der Waals surface area contributed by atoms with Gasteiger partial charge in [-0.15, -0.1) is 0 Å². The van der Waals surface area contributed by atoms with E-state index in [1.807, 2.05) is 0 Å². The van der Waals surface area contributed by atoms with Crippen LogP contribution in [0.5, 0.6) is 0 Å². The lowest BCUT2D eigenvalue weighted by atomic mass is 9.82. The Labute approximate surface area is 240 Å². The first-order valence-electron chi connectivity index (χ1n) is 14.3. The molecule has 2 heteroatoms. The molecule has 1 heterocycles. The largest absolute Gasteiger partial charge is 0.310 e. The van der Waals surface area contributed by atoms with E-state index in [1.54, 1.807) is 0 Å². The molecule has 0 fully saturated rings. The summed E-state index contributed by atoms with van der Waals surface area (Å²) in [5, 5.41) is 2.54. The van der Waals surface area contributed by atoms with E-state index in [9.17, 15) is 0 Å². The number of para-hydroxylation sites is 3. The lowest BCUT2D eigenvalue weighted by Gasteiger charge is -2.28. The highest BCUT2D eigenvalue weighted by Gasteiger charge is 2.35. The van der Waals surface area contributed by atoms with Gasteiger partial charge in [0, 0.05) is 38.9 Å². The molecule has 0 spiro atoms. The van der Waals surface area contributed by atoms with Crippen LogP contribution in [0.1, 0.15) is 25.0 Å². The molecule has 0 saturated carbocycles. The number of aromatic nitrogens is 1. The SMILES string of the molecule is CC1(C)c2ccccc2-c2ccc(N(c3ccccc3)c3cccc(-n4c5ccccc5c5ccccc54)c3)cc21. The number of fused-ring (bicyclic) bond motifs is 6. The third-order valence-corrected chi connectivity index (χ3v) is 8.77. The van der Waals surface area contributed by atoms with Crippen molar-refractivity contribution in [2.45, 2.75) is 19.3 Å². The van der Waals surface area contributed by atoms with Crippen LogP contribution in [0.25, 0.3) is 38.6 Å². The third-order valence-electron chi connectivity index (χ3n) is 8.77. The summed E-state index contributed by atoms with van der Waals surface area (Å²) in [5.41, 5.74) is 12.4. The number of hydrogen-bond donors (Lipinski definition) is 0. The summed E-state index contributed by atoms with van der Waals surface area (Å²) < 4.78 is 2.39. The molecule has 0 amide bonds. The Kier molecular flexibility index (Phi) is 5.20. The Hall–Kier alpha value is -5.08. The Balaban J connectivity index is 1.33. The highest BCUT2D eigenvalue weighted by atomic mass is 15.1. The second-order valence-electron chi connectivity index (χ2n) is 11.5. The first kappa shape index (κ1) is 23.8. The Morgan fingerprint density at radius 3 is 1.80 bits per heavy atom. The van der Waals surface area contributed by atoms with Gasteiger partial charge >= 0.3 is 0 Å². The van der Waals surface area contributed by atoms with Crippen LogP contribution in [0.3, 0.4) is 0 Å². The molecular formula is C39H30N2. The van der Waals surface area contributed by atoms with Crippen LogP contribution in [0, 0.1) is 0 Å². The van der Waals surface area contributed by atoms with Gasteiger partial charge in [0.2, 0.25) is 0 Å². The molecule has 0 radical (unpaired) electrons. The summed E-state index contributed by atoms with van der Waals surface area (Å²) in [4.78, 5) is 2.39. The van der Waals surface area contributed by atoms with Gasteiger partial charge in [-0.2, -0.15) is 0 Å². The molecule has 2 nitrogen and oxygen atoms in total. The maximum Gasteiger partial charge on any atom is 0.0541 e. The zero-order valence-electron chi connectivity index (χ0n) is 23.3. The van der Waals surface area contributed by atoms with Gasteiger partial charge in [-0.25, -0.2) is 0 Å². The lowest BCUT2D eigenvalue weighted by Crippen LogP contribution is -2.16. The summed E-state index contributed by atoms with van der Waals surface area (Å²) in [6.07, 6.45) is 0. The second-order valence-corrected chi connectivity index (χ2v) is 11.5. The van der Waals surface area contributed by atoms with Crippen LogP contribution in [0.15, 0.2) is 146 Å². The van der Waals surface area contributed by atoms with Gasteiger partial charge in [-0.1, -0.05) is 105 Å². The van der Waals surface area contributed by atoms with Gasteiger partial charge in [0.1, 0.15) is 0 Å². The first-order chi connectivity index (χ1) is 20.1. The molecule has 1 aromatic heterocycles. The van der Waals surface area contributed by atoms with Gasteiger partial charge in [0.15, 0.2) is 0 Å². The maximum atomic E-state index is 2.40. The molecule has 6 aromatic carbocycles. The van der Waals surface area contributed by atoms with Crippen molar-refractivity contribution in [2.75, 3.05) is 4.90 Å². The van der Waals surface area contributed by atoms with Gasteiger partial charge < -0.3 is 9.47 Å². The Morgan fingerprint density at radius 2 is 1.05 bits per heavy atom. The van der Waals surface area contributed by atoms with Crippen molar-refractivity contribution in [2.24, 2.45) is 0 Å². The smallest absolute Gasteiger partial charge is 0.0541 e. The molecular weight excluding hydrogens is 496 g/mol. The third kappa shape index (κ3) is 3.57. The summed E-state index contributed by atoms with van der Waals surface area (Å²) in [7, 11) is 0. The van der Waals surface area contributed by atoms with Crippen molar-refractivity contribution in [3.63, 3.8) is 0 Å². The summed E-state index contributed by atoms with van der Waals surface area (Å²) in [5.74, 6) is 0. The van der Waals surface area contributed by atoms with Crippen LogP contribution in [0.2, 0.25) is 0 Å². The van der Waals surface area contributed by atoms with E-state index in [-0.39, 0.29) is 5.41 Å². The topological polar surface area (TPSA) is 8.17 Å². The molecule has 7 aromatic rings. The fourth-order valence-corrected chi connectivity index (χ4v) is 6.83. The zero-order valence-corrected chi connectivity index (χ0v) is 23.3. The van der Waals surface area contributed by atoms with Gasteiger partial charge in [-0.05, 0) is 76.9 Å². The molecule has 41 heavy (non-hydrogen) atoms. The Morgan fingerprint density at radius 1 is 0.463 bits per heavy atom. The van der Waals surface area contributed by atoms with E-state index in [1.165, 1.54) is 44.1 Å². The molecule has 1 aliphatic carbocycles. The quantitative estimate of drug-likeness (QED) is 0.221. The minimum Gasteiger partial charge on any atom is -0.310 e. The fourth-order valence-electron chi connectivity index (χ4n) is 6.83. The average molecular weight is 527 g/mol. The second kappa shape index (κ2) is 8.97. The molecule has 8 rings (SSSR count). The predicted octanol–water partition coefficient (Wildman–Crippen LogP) is 10.6. The Bertz CT molecular complexity index is 2030. The van der Waals surface area contributed by atoms with E-state index in [4.69, 9.17) is 0 Å². The normalized spacial score (nSPS) is 13.3. The monoisotopic (exact) mass is 526 g/mol. The van der Waals surface area contributed by atoms with Crippen LogP contribution < -0.4 is 4.90 Å². The van der Waals surface area contributed by atoms with E-state index in [2.05, 4.69) is 169 Å². The maximum absolute atomic E-state index is 2.40. The highest BCUT2D eigenvalue weighted by Crippen LogP contribution is 2.50. The van der Waals surface area contributed by atoms with Crippen LogP contribution in [0.4, 0.5) is 17.1 Å². The first-order valence-corrected chi connectivity index (χ1v) is 14.3. The number of nitrogens with zero attached hydrogens (tertiary/aromatic N) is 2. The van der Waals surface area contributed by atoms with Crippen molar-refractivity contribution in [3.05, 3.63) is 157 Å². The summed E-state index contributed by atoms with van der Waals surface area (Å²) in [6.45, 7) is 4.69. The molecule has 0 unspecified atom stereocenters. The number of anilines is 3. The molecule has 0 saturated heterocycles. The molecule has 0 aliphatic heterocycles. The highest BCUT2D eigenvalue weighted by molar-refractivity contribution is 6.09. The van der Waals surface area contributed by atoms with Crippen molar-refractivity contribution in [1.29, 1.82) is 0 Å². The molecule has 0 N–H and O–H groups in total. The van der Waals surface area contributed by atoms with Crippen molar-refractivity contribution >= 4 is 38.9 Å². The minimum atomic E-state index is -0.0604. The minimum absolute atomic E-state index is 0.0604. The lowest BCUT2D eigenvalue weighted by molar-refractivity contribution is 0.660. The van der Waals surface area contributed by atoms with Crippen molar-refractivity contribution in [1.82, 2.24) is 4.57 Å².